The number of fused-ring (bicyclic) bond motifs is 1. The Bertz CT molecular complexity index is 1120. The largest absolute Gasteiger partial charge is 0.464 e. The molecule has 2 aromatic heterocycles. The number of carbonyl (C=O) groups excluding carboxylic acids is 1. The zero-order valence-corrected chi connectivity index (χ0v) is 17.0. The van der Waals surface area contributed by atoms with Crippen molar-refractivity contribution in [2.75, 3.05) is 11.5 Å². The molecule has 0 bridgehead atoms. The van der Waals surface area contributed by atoms with E-state index in [1.807, 2.05) is 43.3 Å². The lowest BCUT2D eigenvalue weighted by molar-refractivity contribution is 0.0671. The number of amides is 1. The molecule has 1 fully saturated rings. The highest BCUT2D eigenvalue weighted by atomic mass is 35.5. The molecular formula is C19H18ClNO4S2. The maximum atomic E-state index is 13.4. The van der Waals surface area contributed by atoms with Gasteiger partial charge < -0.3 is 9.32 Å². The van der Waals surface area contributed by atoms with Gasteiger partial charge in [0.1, 0.15) is 16.4 Å². The van der Waals surface area contributed by atoms with Crippen LogP contribution in [0.25, 0.3) is 10.1 Å². The van der Waals surface area contributed by atoms with Crippen molar-refractivity contribution >= 4 is 48.8 Å². The summed E-state index contributed by atoms with van der Waals surface area (Å²) in [5.41, 5.74) is 0. The van der Waals surface area contributed by atoms with Crippen molar-refractivity contribution in [3.63, 3.8) is 0 Å². The fraction of sp³-hybridized carbons (Fsp3) is 0.316. The molecule has 0 spiro atoms. The van der Waals surface area contributed by atoms with E-state index in [1.54, 1.807) is 4.90 Å². The minimum atomic E-state index is -3.13. The standard InChI is InChI=1S/C19H18ClNO4S2/c1-12-6-7-14(25-12)10-21(13-8-9-27(23,24)11-13)19(22)18-17(20)15-4-2-3-5-16(15)26-18/h2-7,13H,8-11H2,1H3. The van der Waals surface area contributed by atoms with E-state index in [4.69, 9.17) is 16.0 Å². The van der Waals surface area contributed by atoms with Crippen molar-refractivity contribution in [1.29, 1.82) is 0 Å². The van der Waals surface area contributed by atoms with Crippen LogP contribution < -0.4 is 0 Å². The second kappa shape index (κ2) is 6.96. The Morgan fingerprint density at radius 2 is 2.07 bits per heavy atom. The van der Waals surface area contributed by atoms with Crippen LogP contribution in [0.15, 0.2) is 40.8 Å². The van der Waals surface area contributed by atoms with Gasteiger partial charge in [-0.1, -0.05) is 29.8 Å². The molecular weight excluding hydrogens is 406 g/mol. The average Bonchev–Trinajstić information content (AvgIpc) is 3.30. The molecule has 1 aliphatic heterocycles. The van der Waals surface area contributed by atoms with Crippen LogP contribution in [0.1, 0.15) is 27.6 Å². The van der Waals surface area contributed by atoms with E-state index in [0.29, 0.717) is 22.1 Å². The molecule has 1 unspecified atom stereocenters. The molecule has 142 valence electrons. The second-order valence-corrected chi connectivity index (χ2v) is 10.4. The molecule has 3 aromatic rings. The van der Waals surface area contributed by atoms with Gasteiger partial charge in [0.25, 0.3) is 5.91 Å². The predicted molar refractivity (Wildman–Crippen MR) is 107 cm³/mol. The summed E-state index contributed by atoms with van der Waals surface area (Å²) < 4.78 is 30.5. The molecule has 27 heavy (non-hydrogen) atoms. The average molecular weight is 424 g/mol. The summed E-state index contributed by atoms with van der Waals surface area (Å²) in [5, 5.41) is 1.25. The Labute approximate surface area is 166 Å². The van der Waals surface area contributed by atoms with Crippen LogP contribution in [0.4, 0.5) is 0 Å². The lowest BCUT2D eigenvalue weighted by Gasteiger charge is -2.27. The van der Waals surface area contributed by atoms with Gasteiger partial charge in [0.05, 0.1) is 23.1 Å². The molecule has 4 rings (SSSR count). The zero-order valence-electron chi connectivity index (χ0n) is 14.6. The minimum Gasteiger partial charge on any atom is -0.464 e. The van der Waals surface area contributed by atoms with Crippen molar-refractivity contribution < 1.29 is 17.6 Å². The number of aryl methyl sites for hydroxylation is 1. The summed E-state index contributed by atoms with van der Waals surface area (Å²) >= 11 is 7.82. The van der Waals surface area contributed by atoms with Gasteiger partial charge in [-0.3, -0.25) is 4.79 Å². The van der Waals surface area contributed by atoms with Crippen LogP contribution >= 0.6 is 22.9 Å². The van der Waals surface area contributed by atoms with Crippen LogP contribution in [0.2, 0.25) is 5.02 Å². The Kier molecular flexibility index (Phi) is 4.78. The van der Waals surface area contributed by atoms with Gasteiger partial charge in [-0.15, -0.1) is 11.3 Å². The number of rotatable bonds is 4. The Hall–Kier alpha value is -1.83. The van der Waals surface area contributed by atoms with Gasteiger partial charge in [0.15, 0.2) is 9.84 Å². The molecule has 0 aliphatic carbocycles. The van der Waals surface area contributed by atoms with E-state index in [0.717, 1.165) is 15.8 Å². The van der Waals surface area contributed by atoms with E-state index in [1.165, 1.54) is 11.3 Å². The summed E-state index contributed by atoms with van der Waals surface area (Å²) in [6.07, 6.45) is 0.427. The number of nitrogens with zero attached hydrogens (tertiary/aromatic N) is 1. The molecule has 1 amide bonds. The van der Waals surface area contributed by atoms with Crippen LogP contribution in [0.3, 0.4) is 0 Å². The third-order valence-electron chi connectivity index (χ3n) is 4.76. The van der Waals surface area contributed by atoms with E-state index in [-0.39, 0.29) is 30.0 Å². The van der Waals surface area contributed by atoms with Crippen molar-refractivity contribution in [2.45, 2.75) is 25.9 Å². The number of thiophene rings is 1. The molecule has 1 aromatic carbocycles. The zero-order chi connectivity index (χ0) is 19.2. The lowest BCUT2D eigenvalue weighted by atomic mass is 10.2. The molecule has 1 aliphatic rings. The van der Waals surface area contributed by atoms with Crippen molar-refractivity contribution in [3.05, 3.63) is 57.8 Å². The summed E-state index contributed by atoms with van der Waals surface area (Å²) in [7, 11) is -3.13. The van der Waals surface area contributed by atoms with E-state index in [9.17, 15) is 13.2 Å². The van der Waals surface area contributed by atoms with Crippen LogP contribution in [0.5, 0.6) is 0 Å². The number of hydrogen-bond donors (Lipinski definition) is 0. The first-order valence-corrected chi connectivity index (χ1v) is 11.6. The van der Waals surface area contributed by atoms with E-state index in [2.05, 4.69) is 0 Å². The molecule has 3 heterocycles. The number of carbonyl (C=O) groups is 1. The first-order valence-electron chi connectivity index (χ1n) is 8.58. The van der Waals surface area contributed by atoms with Crippen molar-refractivity contribution in [3.8, 4) is 0 Å². The van der Waals surface area contributed by atoms with Gasteiger partial charge in [-0.25, -0.2) is 8.42 Å². The van der Waals surface area contributed by atoms with Crippen molar-refractivity contribution in [2.24, 2.45) is 0 Å². The van der Waals surface area contributed by atoms with Crippen molar-refractivity contribution in [1.82, 2.24) is 4.90 Å². The second-order valence-electron chi connectivity index (χ2n) is 6.74. The predicted octanol–water partition coefficient (Wildman–Crippen LogP) is 4.29. The van der Waals surface area contributed by atoms with Gasteiger partial charge in [0.2, 0.25) is 0 Å². The van der Waals surface area contributed by atoms with Crippen LogP contribution in [-0.4, -0.2) is 36.8 Å². The van der Waals surface area contributed by atoms with E-state index < -0.39 is 9.84 Å². The van der Waals surface area contributed by atoms with Gasteiger partial charge in [-0.05, 0) is 31.5 Å². The maximum Gasteiger partial charge on any atom is 0.266 e. The number of sulfone groups is 1. The van der Waals surface area contributed by atoms with E-state index >= 15 is 0 Å². The summed E-state index contributed by atoms with van der Waals surface area (Å²) in [6.45, 7) is 2.05. The number of benzene rings is 1. The fourth-order valence-corrected chi connectivity index (χ4v) is 6.61. The van der Waals surface area contributed by atoms with Gasteiger partial charge in [0, 0.05) is 16.1 Å². The molecule has 1 atom stereocenters. The minimum absolute atomic E-state index is 0.0268. The van der Waals surface area contributed by atoms with Gasteiger partial charge in [-0.2, -0.15) is 0 Å². The molecule has 8 heteroatoms. The third kappa shape index (κ3) is 3.63. The SMILES string of the molecule is Cc1ccc(CN(C(=O)c2sc3ccccc3c2Cl)C2CCS(=O)(=O)C2)o1. The van der Waals surface area contributed by atoms with Crippen LogP contribution in [-0.2, 0) is 16.4 Å². The number of halogens is 1. The summed E-state index contributed by atoms with van der Waals surface area (Å²) in [6, 6.07) is 10.8. The highest BCUT2D eigenvalue weighted by Gasteiger charge is 2.36. The molecule has 0 N–H and O–H groups in total. The molecule has 5 nitrogen and oxygen atoms in total. The number of furan rings is 1. The monoisotopic (exact) mass is 423 g/mol. The quantitative estimate of drug-likeness (QED) is 0.627. The lowest BCUT2D eigenvalue weighted by Crippen LogP contribution is -2.40. The molecule has 1 saturated heterocycles. The fourth-order valence-electron chi connectivity index (χ4n) is 3.41. The molecule has 0 radical (unpaired) electrons. The topological polar surface area (TPSA) is 67.6 Å². The summed E-state index contributed by atoms with van der Waals surface area (Å²) in [4.78, 5) is 15.4. The Morgan fingerprint density at radius 3 is 2.70 bits per heavy atom. The summed E-state index contributed by atoms with van der Waals surface area (Å²) in [5.74, 6) is 1.19. The normalized spacial score (nSPS) is 18.8. The first kappa shape index (κ1) is 18.5. The first-order chi connectivity index (χ1) is 12.8. The maximum absolute atomic E-state index is 13.4. The smallest absolute Gasteiger partial charge is 0.266 e. The number of hydrogen-bond acceptors (Lipinski definition) is 5. The van der Waals surface area contributed by atoms with Crippen LogP contribution in [0, 0.1) is 6.92 Å². The highest BCUT2D eigenvalue weighted by Crippen LogP contribution is 2.37. The highest BCUT2D eigenvalue weighted by molar-refractivity contribution is 7.91. The Morgan fingerprint density at radius 1 is 1.30 bits per heavy atom. The molecule has 0 saturated carbocycles. The third-order valence-corrected chi connectivity index (χ3v) is 8.18. The Balaban J connectivity index is 1.72. The van der Waals surface area contributed by atoms with Gasteiger partial charge >= 0.3 is 0 Å².